The van der Waals surface area contributed by atoms with Gasteiger partial charge in [-0.25, -0.2) is 0 Å². The fraction of sp³-hybridized carbons (Fsp3) is 1.00. The molecule has 84 valence electrons. The van der Waals surface area contributed by atoms with Gasteiger partial charge in [-0.3, -0.25) is 0 Å². The zero-order valence-corrected chi connectivity index (χ0v) is 13.9. The molecule has 1 aliphatic rings. The standard InChI is InChI=1S/C12H22I2/c1-5-9-7(3)11(8(4)13)12(9)10(14)6-2/h7-12H,5-6H2,1-4H3/t7?,8?,9?,10?,11-,12?/m0/s1. The maximum Gasteiger partial charge on any atom is 0.0141 e. The van der Waals surface area contributed by atoms with Gasteiger partial charge in [0.05, 0.1) is 0 Å². The van der Waals surface area contributed by atoms with E-state index >= 15 is 0 Å². The predicted octanol–water partition coefficient (Wildman–Crippen LogP) is 4.93. The van der Waals surface area contributed by atoms with Gasteiger partial charge in [0, 0.05) is 7.85 Å². The average molecular weight is 420 g/mol. The Hall–Kier alpha value is 1.46. The van der Waals surface area contributed by atoms with Crippen LogP contribution in [0.1, 0.15) is 40.5 Å². The van der Waals surface area contributed by atoms with Crippen LogP contribution in [0, 0.1) is 23.7 Å². The molecule has 0 bridgehead atoms. The fourth-order valence-electron chi connectivity index (χ4n) is 3.28. The Morgan fingerprint density at radius 2 is 1.71 bits per heavy atom. The van der Waals surface area contributed by atoms with Gasteiger partial charge in [-0.05, 0) is 30.1 Å². The first kappa shape index (κ1) is 13.5. The lowest BCUT2D eigenvalue weighted by Gasteiger charge is -2.54. The van der Waals surface area contributed by atoms with Gasteiger partial charge in [-0.15, -0.1) is 0 Å². The minimum absolute atomic E-state index is 0.846. The van der Waals surface area contributed by atoms with Crippen molar-refractivity contribution in [2.45, 2.75) is 48.4 Å². The summed E-state index contributed by atoms with van der Waals surface area (Å²) in [7, 11) is 0. The molecular formula is C12H22I2. The molecular weight excluding hydrogens is 398 g/mol. The maximum absolute atomic E-state index is 2.68. The van der Waals surface area contributed by atoms with Gasteiger partial charge in [-0.1, -0.05) is 79.3 Å². The summed E-state index contributed by atoms with van der Waals surface area (Å²) in [5.41, 5.74) is 0. The molecule has 2 heteroatoms. The van der Waals surface area contributed by atoms with E-state index in [0.29, 0.717) is 0 Å². The summed E-state index contributed by atoms with van der Waals surface area (Å²) in [4.78, 5) is 0. The quantitative estimate of drug-likeness (QED) is 0.447. The topological polar surface area (TPSA) is 0 Å². The molecule has 1 aliphatic carbocycles. The van der Waals surface area contributed by atoms with Crippen molar-refractivity contribution >= 4 is 45.2 Å². The Labute approximate surface area is 116 Å². The van der Waals surface area contributed by atoms with Gasteiger partial charge in [-0.2, -0.15) is 0 Å². The molecule has 0 aromatic rings. The number of halogens is 2. The molecule has 1 fully saturated rings. The molecule has 0 spiro atoms. The first-order valence-electron chi connectivity index (χ1n) is 5.82. The summed E-state index contributed by atoms with van der Waals surface area (Å²) < 4.78 is 1.75. The van der Waals surface area contributed by atoms with Crippen LogP contribution < -0.4 is 0 Å². The number of rotatable bonds is 4. The van der Waals surface area contributed by atoms with E-state index in [-0.39, 0.29) is 0 Å². The predicted molar refractivity (Wildman–Crippen MR) is 81.5 cm³/mol. The summed E-state index contributed by atoms with van der Waals surface area (Å²) >= 11 is 5.30. The van der Waals surface area contributed by atoms with Crippen molar-refractivity contribution < 1.29 is 0 Å². The molecule has 0 saturated heterocycles. The molecule has 0 aromatic heterocycles. The minimum atomic E-state index is 0.846. The molecule has 5 unspecified atom stereocenters. The van der Waals surface area contributed by atoms with Crippen LogP contribution in [0.5, 0.6) is 0 Å². The van der Waals surface area contributed by atoms with Gasteiger partial charge in [0.15, 0.2) is 0 Å². The van der Waals surface area contributed by atoms with Crippen molar-refractivity contribution in [1.82, 2.24) is 0 Å². The lowest BCUT2D eigenvalue weighted by atomic mass is 9.54. The molecule has 0 aliphatic heterocycles. The van der Waals surface area contributed by atoms with Crippen molar-refractivity contribution in [3.63, 3.8) is 0 Å². The molecule has 0 heterocycles. The highest BCUT2D eigenvalue weighted by Gasteiger charge is 2.50. The van der Waals surface area contributed by atoms with Gasteiger partial charge < -0.3 is 0 Å². The Balaban J connectivity index is 2.68. The smallest absolute Gasteiger partial charge is 0.0141 e. The second kappa shape index (κ2) is 5.69. The molecule has 14 heavy (non-hydrogen) atoms. The third-order valence-corrected chi connectivity index (χ3v) is 6.57. The molecule has 0 N–H and O–H groups in total. The summed E-state index contributed by atoms with van der Waals surface area (Å²) in [5, 5.41) is 0. The van der Waals surface area contributed by atoms with Crippen molar-refractivity contribution in [3.05, 3.63) is 0 Å². The number of hydrogen-bond acceptors (Lipinski definition) is 0. The first-order valence-corrected chi connectivity index (χ1v) is 8.31. The van der Waals surface area contributed by atoms with E-state index in [1.165, 1.54) is 12.8 Å². The third kappa shape index (κ3) is 2.41. The van der Waals surface area contributed by atoms with Crippen LogP contribution in [0.4, 0.5) is 0 Å². The van der Waals surface area contributed by atoms with Crippen LogP contribution in [-0.2, 0) is 0 Å². The Morgan fingerprint density at radius 3 is 2.07 bits per heavy atom. The lowest BCUT2D eigenvalue weighted by molar-refractivity contribution is -0.00758. The van der Waals surface area contributed by atoms with Crippen molar-refractivity contribution in [3.8, 4) is 0 Å². The van der Waals surface area contributed by atoms with Gasteiger partial charge >= 0.3 is 0 Å². The third-order valence-electron chi connectivity index (χ3n) is 4.03. The highest BCUT2D eigenvalue weighted by atomic mass is 127. The summed E-state index contributed by atoms with van der Waals surface area (Å²) in [6, 6.07) is 0. The second-order valence-corrected chi connectivity index (χ2v) is 8.25. The van der Waals surface area contributed by atoms with Crippen LogP contribution in [0.2, 0.25) is 0 Å². The van der Waals surface area contributed by atoms with E-state index < -0.39 is 0 Å². The highest BCUT2D eigenvalue weighted by Crippen LogP contribution is 2.54. The summed E-state index contributed by atoms with van der Waals surface area (Å²) in [5.74, 6) is 3.93. The minimum Gasteiger partial charge on any atom is -0.0826 e. The van der Waals surface area contributed by atoms with Crippen molar-refractivity contribution in [1.29, 1.82) is 0 Å². The average Bonchev–Trinajstić information content (AvgIpc) is 2.12. The zero-order valence-electron chi connectivity index (χ0n) is 9.63. The number of hydrogen-bond donors (Lipinski definition) is 0. The molecule has 0 aromatic carbocycles. The first-order chi connectivity index (χ1) is 6.54. The highest BCUT2D eigenvalue weighted by molar-refractivity contribution is 14.1. The molecule has 1 saturated carbocycles. The maximum atomic E-state index is 2.68. The molecule has 0 amide bonds. The molecule has 6 atom stereocenters. The Bertz CT molecular complexity index is 179. The van der Waals surface area contributed by atoms with Gasteiger partial charge in [0.2, 0.25) is 0 Å². The van der Waals surface area contributed by atoms with Crippen molar-refractivity contribution in [2.24, 2.45) is 23.7 Å². The summed E-state index contributed by atoms with van der Waals surface area (Å²) in [6.45, 7) is 9.55. The Morgan fingerprint density at radius 1 is 1.14 bits per heavy atom. The number of alkyl halides is 2. The van der Waals surface area contributed by atoms with Gasteiger partial charge in [0.25, 0.3) is 0 Å². The zero-order chi connectivity index (χ0) is 10.9. The van der Waals surface area contributed by atoms with E-state index in [4.69, 9.17) is 0 Å². The largest absolute Gasteiger partial charge is 0.0826 e. The second-order valence-electron chi connectivity index (χ2n) is 4.69. The molecule has 0 radical (unpaired) electrons. The monoisotopic (exact) mass is 420 g/mol. The molecule has 1 rings (SSSR count). The SMILES string of the molecule is CCC(I)C1C(CC)C(C)[C@H]1C(C)I. The van der Waals surface area contributed by atoms with Gasteiger partial charge in [0.1, 0.15) is 0 Å². The van der Waals surface area contributed by atoms with E-state index in [1.54, 1.807) is 0 Å². The fourth-order valence-corrected chi connectivity index (χ4v) is 5.42. The van der Waals surface area contributed by atoms with E-state index in [1.807, 2.05) is 0 Å². The van der Waals surface area contributed by atoms with E-state index in [9.17, 15) is 0 Å². The van der Waals surface area contributed by atoms with Crippen LogP contribution >= 0.6 is 45.2 Å². The van der Waals surface area contributed by atoms with E-state index in [0.717, 1.165) is 31.5 Å². The van der Waals surface area contributed by atoms with Crippen LogP contribution in [0.25, 0.3) is 0 Å². The van der Waals surface area contributed by atoms with Crippen molar-refractivity contribution in [2.75, 3.05) is 0 Å². The normalized spacial score (nSPS) is 41.6. The van der Waals surface area contributed by atoms with E-state index in [2.05, 4.69) is 72.9 Å². The Kier molecular flexibility index (Phi) is 5.50. The molecule has 0 nitrogen and oxygen atoms in total. The lowest BCUT2D eigenvalue weighted by Crippen LogP contribution is -2.52. The van der Waals surface area contributed by atoms with Crippen LogP contribution in [-0.4, -0.2) is 7.85 Å². The summed E-state index contributed by atoms with van der Waals surface area (Å²) in [6.07, 6.45) is 2.72. The van der Waals surface area contributed by atoms with Crippen LogP contribution in [0.3, 0.4) is 0 Å². The van der Waals surface area contributed by atoms with Crippen LogP contribution in [0.15, 0.2) is 0 Å².